The fourth-order valence-electron chi connectivity index (χ4n) is 3.40. The van der Waals surface area contributed by atoms with E-state index in [2.05, 4.69) is 54.5 Å². The number of rotatable bonds is 3. The number of aromatic nitrogens is 1. The van der Waals surface area contributed by atoms with E-state index >= 15 is 0 Å². The van der Waals surface area contributed by atoms with Gasteiger partial charge in [0, 0.05) is 23.7 Å². The van der Waals surface area contributed by atoms with Gasteiger partial charge in [-0.25, -0.2) is 0 Å². The average molecular weight is 268 g/mol. The first-order valence-corrected chi connectivity index (χ1v) is 7.82. The number of aryl methyl sites for hydroxylation is 1. The Balaban J connectivity index is 1.80. The summed E-state index contributed by atoms with van der Waals surface area (Å²) in [6.45, 7) is 5.42. The molecule has 0 bridgehead atoms. The molecule has 0 spiro atoms. The highest BCUT2D eigenvalue weighted by atomic mass is 14.9. The summed E-state index contributed by atoms with van der Waals surface area (Å²) in [6.07, 6.45) is 5.46. The molecule has 1 aliphatic rings. The first-order valence-electron chi connectivity index (χ1n) is 7.82. The normalized spacial score (nSPS) is 23.1. The van der Waals surface area contributed by atoms with E-state index < -0.39 is 0 Å². The Hall–Kier alpha value is -1.41. The molecule has 3 rings (SSSR count). The van der Waals surface area contributed by atoms with Gasteiger partial charge in [-0.2, -0.15) is 0 Å². The number of hydrogen-bond donors (Lipinski definition) is 1. The van der Waals surface area contributed by atoms with Crippen molar-refractivity contribution in [1.82, 2.24) is 10.3 Å². The summed E-state index contributed by atoms with van der Waals surface area (Å²) in [4.78, 5) is 4.62. The fourth-order valence-corrected chi connectivity index (χ4v) is 3.40. The van der Waals surface area contributed by atoms with E-state index in [-0.39, 0.29) is 0 Å². The molecule has 20 heavy (non-hydrogen) atoms. The highest BCUT2D eigenvalue weighted by Gasteiger charge is 2.20. The Morgan fingerprint density at radius 3 is 2.85 bits per heavy atom. The van der Waals surface area contributed by atoms with Gasteiger partial charge in [0.05, 0.1) is 5.52 Å². The van der Waals surface area contributed by atoms with E-state index in [0.29, 0.717) is 6.04 Å². The average Bonchev–Trinajstić information content (AvgIpc) is 2.46. The lowest BCUT2D eigenvalue weighted by Gasteiger charge is -2.29. The van der Waals surface area contributed by atoms with E-state index in [0.717, 1.165) is 23.7 Å². The van der Waals surface area contributed by atoms with Crippen molar-refractivity contribution in [2.45, 2.75) is 52.1 Å². The molecule has 0 amide bonds. The predicted molar refractivity (Wildman–Crippen MR) is 84.7 cm³/mol. The third-order valence-corrected chi connectivity index (χ3v) is 4.60. The number of benzene rings is 1. The van der Waals surface area contributed by atoms with Crippen LogP contribution in [-0.2, 0) is 6.54 Å². The molecule has 1 saturated carbocycles. The Morgan fingerprint density at radius 2 is 2.00 bits per heavy atom. The standard InChI is InChI=1S/C18H24N2/c1-13-7-3-5-9-17(13)19-12-15-11-14(2)20-18-10-6-4-8-16(15)18/h4,6,8,10-11,13,17,19H,3,5,7,9,12H2,1-2H3. The number of nitrogens with one attached hydrogen (secondary N) is 1. The molecule has 2 heteroatoms. The predicted octanol–water partition coefficient (Wildman–Crippen LogP) is 4.21. The lowest BCUT2D eigenvalue weighted by molar-refractivity contribution is 0.279. The highest BCUT2D eigenvalue weighted by Crippen LogP contribution is 2.25. The molecule has 2 aromatic rings. The summed E-state index contributed by atoms with van der Waals surface area (Å²) in [6, 6.07) is 11.4. The molecule has 2 nitrogen and oxygen atoms in total. The van der Waals surface area contributed by atoms with Crippen molar-refractivity contribution in [3.63, 3.8) is 0 Å². The molecular formula is C18H24N2. The molecule has 1 N–H and O–H groups in total. The van der Waals surface area contributed by atoms with Crippen molar-refractivity contribution in [3.8, 4) is 0 Å². The van der Waals surface area contributed by atoms with E-state index in [1.165, 1.54) is 36.6 Å². The lowest BCUT2D eigenvalue weighted by atomic mass is 9.86. The maximum Gasteiger partial charge on any atom is 0.0708 e. The molecule has 1 aromatic carbocycles. The van der Waals surface area contributed by atoms with Gasteiger partial charge >= 0.3 is 0 Å². The molecule has 1 fully saturated rings. The Bertz CT molecular complexity index is 591. The topological polar surface area (TPSA) is 24.9 Å². The SMILES string of the molecule is Cc1cc(CNC2CCCCC2C)c2ccccc2n1. The molecule has 2 unspecified atom stereocenters. The summed E-state index contributed by atoms with van der Waals surface area (Å²) >= 11 is 0. The molecule has 1 aromatic heterocycles. The van der Waals surface area contributed by atoms with Crippen LogP contribution < -0.4 is 5.32 Å². The van der Waals surface area contributed by atoms with E-state index in [1.807, 2.05) is 0 Å². The van der Waals surface area contributed by atoms with Gasteiger partial charge in [0.15, 0.2) is 0 Å². The van der Waals surface area contributed by atoms with E-state index in [9.17, 15) is 0 Å². The number of fused-ring (bicyclic) bond motifs is 1. The van der Waals surface area contributed by atoms with Crippen LogP contribution in [0.3, 0.4) is 0 Å². The maximum atomic E-state index is 4.62. The van der Waals surface area contributed by atoms with Crippen molar-refractivity contribution in [1.29, 1.82) is 0 Å². The van der Waals surface area contributed by atoms with Crippen molar-refractivity contribution >= 4 is 10.9 Å². The summed E-state index contributed by atoms with van der Waals surface area (Å²) in [7, 11) is 0. The smallest absolute Gasteiger partial charge is 0.0708 e. The zero-order chi connectivity index (χ0) is 13.9. The number of pyridine rings is 1. The Labute approximate surface area is 121 Å². The Morgan fingerprint density at radius 1 is 1.20 bits per heavy atom. The molecule has 106 valence electrons. The van der Waals surface area contributed by atoms with Crippen molar-refractivity contribution in [3.05, 3.63) is 41.6 Å². The monoisotopic (exact) mass is 268 g/mol. The first kappa shape index (κ1) is 13.6. The summed E-state index contributed by atoms with van der Waals surface area (Å²) in [5, 5.41) is 5.07. The fraction of sp³-hybridized carbons (Fsp3) is 0.500. The van der Waals surface area contributed by atoms with Crippen molar-refractivity contribution < 1.29 is 0 Å². The van der Waals surface area contributed by atoms with Gasteiger partial charge < -0.3 is 5.32 Å². The van der Waals surface area contributed by atoms with Crippen LogP contribution in [0.4, 0.5) is 0 Å². The van der Waals surface area contributed by atoms with Crippen molar-refractivity contribution in [2.24, 2.45) is 5.92 Å². The molecule has 1 heterocycles. The summed E-state index contributed by atoms with van der Waals surface area (Å²) < 4.78 is 0. The van der Waals surface area contributed by atoms with Crippen LogP contribution >= 0.6 is 0 Å². The second-order valence-electron chi connectivity index (χ2n) is 6.19. The maximum absolute atomic E-state index is 4.62. The van der Waals surface area contributed by atoms with E-state index in [1.54, 1.807) is 0 Å². The van der Waals surface area contributed by atoms with Gasteiger partial charge in [-0.05, 0) is 43.4 Å². The summed E-state index contributed by atoms with van der Waals surface area (Å²) in [5.74, 6) is 0.804. The van der Waals surface area contributed by atoms with Crippen LogP contribution in [0.15, 0.2) is 30.3 Å². The minimum atomic E-state index is 0.677. The lowest BCUT2D eigenvalue weighted by Crippen LogP contribution is -2.36. The Kier molecular flexibility index (Phi) is 4.02. The van der Waals surface area contributed by atoms with Gasteiger partial charge in [-0.3, -0.25) is 4.98 Å². The third-order valence-electron chi connectivity index (χ3n) is 4.60. The van der Waals surface area contributed by atoms with Crippen molar-refractivity contribution in [2.75, 3.05) is 0 Å². The zero-order valence-corrected chi connectivity index (χ0v) is 12.5. The minimum absolute atomic E-state index is 0.677. The van der Waals surface area contributed by atoms with Gasteiger partial charge in [0.25, 0.3) is 0 Å². The second-order valence-corrected chi connectivity index (χ2v) is 6.19. The molecule has 1 aliphatic carbocycles. The van der Waals surface area contributed by atoms with E-state index in [4.69, 9.17) is 0 Å². The number of nitrogens with zero attached hydrogens (tertiary/aromatic N) is 1. The zero-order valence-electron chi connectivity index (χ0n) is 12.5. The van der Waals surface area contributed by atoms with Crippen LogP contribution in [0.1, 0.15) is 43.9 Å². The third kappa shape index (κ3) is 2.85. The quantitative estimate of drug-likeness (QED) is 0.902. The molecule has 0 saturated heterocycles. The number of para-hydroxylation sites is 1. The first-order chi connectivity index (χ1) is 9.74. The minimum Gasteiger partial charge on any atom is -0.310 e. The molecule has 0 radical (unpaired) electrons. The molecule has 0 aliphatic heterocycles. The van der Waals surface area contributed by atoms with Crippen LogP contribution in [0, 0.1) is 12.8 Å². The van der Waals surface area contributed by atoms with Gasteiger partial charge in [0.2, 0.25) is 0 Å². The second kappa shape index (κ2) is 5.92. The van der Waals surface area contributed by atoms with Gasteiger partial charge in [0.1, 0.15) is 0 Å². The van der Waals surface area contributed by atoms with Gasteiger partial charge in [-0.1, -0.05) is 38.0 Å². The molecular weight excluding hydrogens is 244 g/mol. The highest BCUT2D eigenvalue weighted by molar-refractivity contribution is 5.82. The molecule has 2 atom stereocenters. The van der Waals surface area contributed by atoms with Crippen LogP contribution in [0.25, 0.3) is 10.9 Å². The number of hydrogen-bond acceptors (Lipinski definition) is 2. The van der Waals surface area contributed by atoms with Crippen LogP contribution in [0.5, 0.6) is 0 Å². The van der Waals surface area contributed by atoms with Crippen LogP contribution in [-0.4, -0.2) is 11.0 Å². The van der Waals surface area contributed by atoms with Crippen LogP contribution in [0.2, 0.25) is 0 Å². The summed E-state index contributed by atoms with van der Waals surface area (Å²) in [5.41, 5.74) is 3.60. The largest absolute Gasteiger partial charge is 0.310 e. The van der Waals surface area contributed by atoms with Gasteiger partial charge in [-0.15, -0.1) is 0 Å².